The van der Waals surface area contributed by atoms with E-state index in [1.807, 2.05) is 4.68 Å². The molecular formula is C15H23N5. The minimum Gasteiger partial charge on any atom is -0.310 e. The molecule has 0 aliphatic rings. The van der Waals surface area contributed by atoms with E-state index < -0.39 is 0 Å². The second-order valence-corrected chi connectivity index (χ2v) is 5.58. The van der Waals surface area contributed by atoms with Crippen LogP contribution in [-0.4, -0.2) is 26.8 Å². The zero-order chi connectivity index (χ0) is 14.4. The first kappa shape index (κ1) is 14.7. The van der Waals surface area contributed by atoms with Crippen molar-refractivity contribution in [1.82, 2.24) is 25.5 Å². The van der Waals surface area contributed by atoms with Crippen LogP contribution in [0.5, 0.6) is 0 Å². The van der Waals surface area contributed by atoms with Crippen molar-refractivity contribution < 1.29 is 0 Å². The molecule has 1 N–H and O–H groups in total. The van der Waals surface area contributed by atoms with E-state index in [9.17, 15) is 0 Å². The van der Waals surface area contributed by atoms with Crippen molar-refractivity contribution in [2.24, 2.45) is 5.92 Å². The highest BCUT2D eigenvalue weighted by molar-refractivity contribution is 5.22. The molecule has 0 spiro atoms. The van der Waals surface area contributed by atoms with Crippen molar-refractivity contribution in [2.45, 2.75) is 40.3 Å². The summed E-state index contributed by atoms with van der Waals surface area (Å²) in [6.07, 6.45) is 0.948. The Bertz CT molecular complexity index is 533. The zero-order valence-corrected chi connectivity index (χ0v) is 12.5. The van der Waals surface area contributed by atoms with Crippen LogP contribution in [0.25, 0.3) is 0 Å². The van der Waals surface area contributed by atoms with Crippen molar-refractivity contribution in [2.75, 3.05) is 6.54 Å². The van der Waals surface area contributed by atoms with E-state index in [4.69, 9.17) is 0 Å². The van der Waals surface area contributed by atoms with Gasteiger partial charge in [-0.25, -0.2) is 4.68 Å². The second-order valence-electron chi connectivity index (χ2n) is 5.58. The molecule has 1 heterocycles. The number of hydrogen-bond acceptors (Lipinski definition) is 4. The Kier molecular flexibility index (Phi) is 5.24. The number of benzene rings is 1. The Morgan fingerprint density at radius 3 is 2.90 bits per heavy atom. The van der Waals surface area contributed by atoms with Crippen LogP contribution < -0.4 is 5.32 Å². The maximum Gasteiger partial charge on any atom is 0.165 e. The molecule has 0 saturated carbocycles. The van der Waals surface area contributed by atoms with Gasteiger partial charge < -0.3 is 5.32 Å². The van der Waals surface area contributed by atoms with Gasteiger partial charge >= 0.3 is 0 Å². The van der Waals surface area contributed by atoms with Crippen molar-refractivity contribution in [3.05, 3.63) is 41.2 Å². The Hall–Kier alpha value is -1.75. The van der Waals surface area contributed by atoms with Crippen molar-refractivity contribution in [1.29, 1.82) is 0 Å². The molecule has 2 aromatic rings. The van der Waals surface area contributed by atoms with Gasteiger partial charge in [0.15, 0.2) is 5.82 Å². The number of aromatic nitrogens is 4. The monoisotopic (exact) mass is 273 g/mol. The number of aryl methyl sites for hydroxylation is 3. The van der Waals surface area contributed by atoms with Crippen LogP contribution in [0, 0.1) is 12.8 Å². The average molecular weight is 273 g/mol. The lowest BCUT2D eigenvalue weighted by Gasteiger charge is -2.08. The van der Waals surface area contributed by atoms with Gasteiger partial charge in [-0.3, -0.25) is 0 Å². The molecule has 0 atom stereocenters. The van der Waals surface area contributed by atoms with Gasteiger partial charge in [-0.05, 0) is 41.8 Å². The van der Waals surface area contributed by atoms with Crippen LogP contribution in [0.3, 0.4) is 0 Å². The van der Waals surface area contributed by atoms with Gasteiger partial charge in [-0.1, -0.05) is 43.7 Å². The molecule has 0 fully saturated rings. The summed E-state index contributed by atoms with van der Waals surface area (Å²) >= 11 is 0. The third kappa shape index (κ3) is 4.42. The molecule has 2 rings (SSSR count). The predicted octanol–water partition coefficient (Wildman–Crippen LogP) is 1.97. The van der Waals surface area contributed by atoms with Gasteiger partial charge in [-0.15, -0.1) is 5.10 Å². The highest BCUT2D eigenvalue weighted by atomic mass is 15.5. The first-order chi connectivity index (χ1) is 9.65. The highest BCUT2D eigenvalue weighted by Crippen LogP contribution is 2.06. The molecule has 0 radical (unpaired) electrons. The van der Waals surface area contributed by atoms with Crippen LogP contribution in [0.15, 0.2) is 24.3 Å². The number of hydrogen-bond donors (Lipinski definition) is 1. The first-order valence-electron chi connectivity index (χ1n) is 7.16. The second kappa shape index (κ2) is 7.14. The van der Waals surface area contributed by atoms with E-state index in [1.165, 1.54) is 11.1 Å². The lowest BCUT2D eigenvalue weighted by Crippen LogP contribution is -2.22. The number of nitrogens with zero attached hydrogens (tertiary/aromatic N) is 4. The van der Waals surface area contributed by atoms with E-state index in [0.29, 0.717) is 5.92 Å². The molecule has 5 heteroatoms. The molecule has 0 aliphatic heterocycles. The summed E-state index contributed by atoms with van der Waals surface area (Å²) in [6.45, 7) is 9.00. The standard InChI is InChI=1S/C15H23N5/c1-12(2)10-16-11-15-17-18-19-20(15)8-7-14-6-4-5-13(3)9-14/h4-6,9,12,16H,7-8,10-11H2,1-3H3. The molecule has 0 saturated heterocycles. The minimum atomic E-state index is 0.631. The van der Waals surface area contributed by atoms with E-state index in [-0.39, 0.29) is 0 Å². The Labute approximate surface area is 120 Å². The summed E-state index contributed by atoms with van der Waals surface area (Å²) in [4.78, 5) is 0. The molecule has 0 amide bonds. The van der Waals surface area contributed by atoms with Crippen molar-refractivity contribution >= 4 is 0 Å². The maximum atomic E-state index is 4.08. The smallest absolute Gasteiger partial charge is 0.165 e. The largest absolute Gasteiger partial charge is 0.310 e. The quantitative estimate of drug-likeness (QED) is 0.838. The minimum absolute atomic E-state index is 0.631. The first-order valence-corrected chi connectivity index (χ1v) is 7.16. The van der Waals surface area contributed by atoms with Gasteiger partial charge in [0.25, 0.3) is 0 Å². The van der Waals surface area contributed by atoms with E-state index >= 15 is 0 Å². The van der Waals surface area contributed by atoms with Gasteiger partial charge in [0.2, 0.25) is 0 Å². The average Bonchev–Trinajstić information content (AvgIpc) is 2.84. The fourth-order valence-corrected chi connectivity index (χ4v) is 2.10. The highest BCUT2D eigenvalue weighted by Gasteiger charge is 2.06. The van der Waals surface area contributed by atoms with Gasteiger partial charge in [0, 0.05) is 6.54 Å². The summed E-state index contributed by atoms with van der Waals surface area (Å²) in [6, 6.07) is 8.56. The summed E-state index contributed by atoms with van der Waals surface area (Å²) in [5, 5.41) is 15.3. The Morgan fingerprint density at radius 2 is 2.15 bits per heavy atom. The van der Waals surface area contributed by atoms with E-state index in [0.717, 1.165) is 31.9 Å². The van der Waals surface area contributed by atoms with Crippen LogP contribution in [-0.2, 0) is 19.5 Å². The third-order valence-corrected chi connectivity index (χ3v) is 3.14. The SMILES string of the molecule is Cc1cccc(CCn2nnnc2CNCC(C)C)c1. The lowest BCUT2D eigenvalue weighted by atomic mass is 10.1. The van der Waals surface area contributed by atoms with Crippen LogP contribution in [0.1, 0.15) is 30.8 Å². The molecule has 108 valence electrons. The number of rotatable bonds is 7. The Balaban J connectivity index is 1.88. The molecule has 5 nitrogen and oxygen atoms in total. The predicted molar refractivity (Wildman–Crippen MR) is 79.2 cm³/mol. The molecule has 1 aromatic heterocycles. The van der Waals surface area contributed by atoms with E-state index in [2.05, 4.69) is 65.9 Å². The molecule has 1 aromatic carbocycles. The topological polar surface area (TPSA) is 55.6 Å². The molecule has 0 unspecified atom stereocenters. The molecular weight excluding hydrogens is 250 g/mol. The summed E-state index contributed by atoms with van der Waals surface area (Å²) in [5.74, 6) is 1.53. The van der Waals surface area contributed by atoms with Gasteiger partial charge in [0.05, 0.1) is 6.54 Å². The van der Waals surface area contributed by atoms with E-state index in [1.54, 1.807) is 0 Å². The number of nitrogens with one attached hydrogen (secondary N) is 1. The van der Waals surface area contributed by atoms with Gasteiger partial charge in [-0.2, -0.15) is 0 Å². The fraction of sp³-hybridized carbons (Fsp3) is 0.533. The summed E-state index contributed by atoms with van der Waals surface area (Å²) in [7, 11) is 0. The molecule has 20 heavy (non-hydrogen) atoms. The summed E-state index contributed by atoms with van der Waals surface area (Å²) < 4.78 is 1.88. The van der Waals surface area contributed by atoms with Gasteiger partial charge in [0.1, 0.15) is 0 Å². The van der Waals surface area contributed by atoms with Crippen molar-refractivity contribution in [3.63, 3.8) is 0 Å². The molecule has 0 aliphatic carbocycles. The number of tetrazole rings is 1. The van der Waals surface area contributed by atoms with Crippen molar-refractivity contribution in [3.8, 4) is 0 Å². The summed E-state index contributed by atoms with van der Waals surface area (Å²) in [5.41, 5.74) is 2.61. The molecule has 0 bridgehead atoms. The normalized spacial score (nSPS) is 11.2. The third-order valence-electron chi connectivity index (χ3n) is 3.14. The van der Waals surface area contributed by atoms with Crippen LogP contribution in [0.4, 0.5) is 0 Å². The fourth-order valence-electron chi connectivity index (χ4n) is 2.10. The Morgan fingerprint density at radius 1 is 1.30 bits per heavy atom. The van der Waals surface area contributed by atoms with Crippen LogP contribution in [0.2, 0.25) is 0 Å². The zero-order valence-electron chi connectivity index (χ0n) is 12.5. The lowest BCUT2D eigenvalue weighted by molar-refractivity contribution is 0.509. The van der Waals surface area contributed by atoms with Crippen LogP contribution >= 0.6 is 0 Å². The maximum absolute atomic E-state index is 4.08.